The summed E-state index contributed by atoms with van der Waals surface area (Å²) in [5.41, 5.74) is 2.28. The number of anilines is 1. The van der Waals surface area contributed by atoms with Gasteiger partial charge in [0.1, 0.15) is 0 Å². The van der Waals surface area contributed by atoms with E-state index in [2.05, 4.69) is 49.3 Å². The van der Waals surface area contributed by atoms with Crippen LogP contribution in [0.2, 0.25) is 5.02 Å². The first-order chi connectivity index (χ1) is 8.15. The van der Waals surface area contributed by atoms with Crippen LogP contribution in [0.25, 0.3) is 0 Å². The van der Waals surface area contributed by atoms with Gasteiger partial charge in [0.25, 0.3) is 0 Å². The van der Waals surface area contributed by atoms with Crippen molar-refractivity contribution in [3.63, 3.8) is 0 Å². The van der Waals surface area contributed by atoms with Crippen LogP contribution in [-0.4, -0.2) is 0 Å². The quantitative estimate of drug-likeness (QED) is 0.749. The molecule has 2 aromatic rings. The van der Waals surface area contributed by atoms with E-state index in [0.717, 1.165) is 26.2 Å². The first-order valence-electron chi connectivity index (χ1n) is 5.08. The first kappa shape index (κ1) is 12.9. The molecule has 0 bridgehead atoms. The molecule has 0 aliphatic heterocycles. The predicted molar refractivity (Wildman–Crippen MR) is 80.6 cm³/mol. The standard InChI is InChI=1S/C13H10Br2ClN/c14-10-3-1-9(2-4-10)8-17-11-5-6-13(16)12(15)7-11/h1-7,17H,8H2. The smallest absolute Gasteiger partial charge is 0.0549 e. The molecule has 2 aromatic carbocycles. The molecule has 0 atom stereocenters. The molecule has 0 saturated heterocycles. The Morgan fingerprint density at radius 3 is 2.35 bits per heavy atom. The van der Waals surface area contributed by atoms with E-state index in [4.69, 9.17) is 11.6 Å². The number of nitrogens with one attached hydrogen (secondary N) is 1. The van der Waals surface area contributed by atoms with Crippen LogP contribution in [0.5, 0.6) is 0 Å². The molecule has 88 valence electrons. The maximum Gasteiger partial charge on any atom is 0.0549 e. The van der Waals surface area contributed by atoms with Crippen LogP contribution in [0.4, 0.5) is 5.69 Å². The Morgan fingerprint density at radius 2 is 1.71 bits per heavy atom. The minimum Gasteiger partial charge on any atom is -0.381 e. The zero-order valence-electron chi connectivity index (χ0n) is 8.88. The molecule has 1 N–H and O–H groups in total. The maximum atomic E-state index is 5.94. The van der Waals surface area contributed by atoms with E-state index >= 15 is 0 Å². The second kappa shape index (κ2) is 5.89. The van der Waals surface area contributed by atoms with Gasteiger partial charge in [0.2, 0.25) is 0 Å². The molecule has 17 heavy (non-hydrogen) atoms. The Labute approximate surface area is 122 Å². The Bertz CT molecular complexity index is 511. The van der Waals surface area contributed by atoms with Crippen molar-refractivity contribution in [2.45, 2.75) is 6.54 Å². The SMILES string of the molecule is Clc1ccc(NCc2ccc(Br)cc2)cc1Br. The van der Waals surface area contributed by atoms with E-state index < -0.39 is 0 Å². The maximum absolute atomic E-state index is 5.94. The first-order valence-corrected chi connectivity index (χ1v) is 7.05. The summed E-state index contributed by atoms with van der Waals surface area (Å²) >= 11 is 12.8. The van der Waals surface area contributed by atoms with E-state index in [1.807, 2.05) is 30.3 Å². The number of benzene rings is 2. The van der Waals surface area contributed by atoms with Crippen molar-refractivity contribution in [3.8, 4) is 0 Å². The van der Waals surface area contributed by atoms with Crippen molar-refractivity contribution >= 4 is 49.1 Å². The highest BCUT2D eigenvalue weighted by atomic mass is 79.9. The molecular formula is C13H10Br2ClN. The third-order valence-electron chi connectivity index (χ3n) is 2.33. The van der Waals surface area contributed by atoms with Gasteiger partial charge in [-0.05, 0) is 51.8 Å². The Kier molecular flexibility index (Phi) is 4.48. The van der Waals surface area contributed by atoms with Gasteiger partial charge in [-0.15, -0.1) is 0 Å². The zero-order valence-corrected chi connectivity index (χ0v) is 12.8. The van der Waals surface area contributed by atoms with Crippen LogP contribution >= 0.6 is 43.5 Å². The van der Waals surface area contributed by atoms with Crippen LogP contribution < -0.4 is 5.32 Å². The summed E-state index contributed by atoms with van der Waals surface area (Å²) in [7, 11) is 0. The molecule has 0 heterocycles. The number of hydrogen-bond donors (Lipinski definition) is 1. The molecule has 0 amide bonds. The van der Waals surface area contributed by atoms with E-state index in [1.165, 1.54) is 5.56 Å². The summed E-state index contributed by atoms with van der Waals surface area (Å²) < 4.78 is 2.00. The second-order valence-corrected chi connectivity index (χ2v) is 5.79. The molecule has 4 heteroatoms. The van der Waals surface area contributed by atoms with E-state index in [9.17, 15) is 0 Å². The van der Waals surface area contributed by atoms with Gasteiger partial charge in [-0.1, -0.05) is 39.7 Å². The summed E-state index contributed by atoms with van der Waals surface area (Å²) in [6.07, 6.45) is 0. The van der Waals surface area contributed by atoms with Crippen LogP contribution in [0, 0.1) is 0 Å². The summed E-state index contributed by atoms with van der Waals surface area (Å²) in [6, 6.07) is 14.1. The highest BCUT2D eigenvalue weighted by Gasteiger charge is 1.99. The van der Waals surface area contributed by atoms with Gasteiger partial charge in [0, 0.05) is 21.2 Å². The fourth-order valence-corrected chi connectivity index (χ4v) is 2.17. The highest BCUT2D eigenvalue weighted by Crippen LogP contribution is 2.25. The molecule has 1 nitrogen and oxygen atoms in total. The van der Waals surface area contributed by atoms with Crippen LogP contribution in [0.15, 0.2) is 51.4 Å². The van der Waals surface area contributed by atoms with Gasteiger partial charge in [0.15, 0.2) is 0 Å². The zero-order chi connectivity index (χ0) is 12.3. The molecule has 0 aliphatic rings. The van der Waals surface area contributed by atoms with Gasteiger partial charge in [-0.2, -0.15) is 0 Å². The fraction of sp³-hybridized carbons (Fsp3) is 0.0769. The number of halogens is 3. The van der Waals surface area contributed by atoms with Crippen molar-refractivity contribution in [2.75, 3.05) is 5.32 Å². The second-order valence-electron chi connectivity index (χ2n) is 3.61. The molecule has 0 spiro atoms. The average Bonchev–Trinajstić information content (AvgIpc) is 2.33. The van der Waals surface area contributed by atoms with E-state index in [0.29, 0.717) is 0 Å². The lowest BCUT2D eigenvalue weighted by Crippen LogP contribution is -1.98. The van der Waals surface area contributed by atoms with Crippen molar-refractivity contribution < 1.29 is 0 Å². The minimum absolute atomic E-state index is 0.721. The molecule has 0 radical (unpaired) electrons. The van der Waals surface area contributed by atoms with E-state index in [1.54, 1.807) is 0 Å². The molecule has 0 saturated carbocycles. The van der Waals surface area contributed by atoms with Crippen LogP contribution in [-0.2, 0) is 6.54 Å². The lowest BCUT2D eigenvalue weighted by molar-refractivity contribution is 1.15. The summed E-state index contributed by atoms with van der Waals surface area (Å²) in [6.45, 7) is 0.793. The van der Waals surface area contributed by atoms with Crippen molar-refractivity contribution in [1.82, 2.24) is 0 Å². The lowest BCUT2D eigenvalue weighted by atomic mass is 10.2. The van der Waals surface area contributed by atoms with Gasteiger partial charge in [0.05, 0.1) is 5.02 Å². The Morgan fingerprint density at radius 1 is 1.00 bits per heavy atom. The van der Waals surface area contributed by atoms with Crippen LogP contribution in [0.3, 0.4) is 0 Å². The highest BCUT2D eigenvalue weighted by molar-refractivity contribution is 9.10. The number of hydrogen-bond acceptors (Lipinski definition) is 1. The largest absolute Gasteiger partial charge is 0.381 e. The Balaban J connectivity index is 2.02. The molecule has 2 rings (SSSR count). The topological polar surface area (TPSA) is 12.0 Å². The van der Waals surface area contributed by atoms with Gasteiger partial charge >= 0.3 is 0 Å². The fourth-order valence-electron chi connectivity index (χ4n) is 1.41. The molecular weight excluding hydrogens is 365 g/mol. The summed E-state index contributed by atoms with van der Waals surface area (Å²) in [5.74, 6) is 0. The van der Waals surface area contributed by atoms with E-state index in [-0.39, 0.29) is 0 Å². The molecule has 0 fully saturated rings. The van der Waals surface area contributed by atoms with Gasteiger partial charge < -0.3 is 5.32 Å². The minimum atomic E-state index is 0.721. The third kappa shape index (κ3) is 3.73. The normalized spacial score (nSPS) is 10.3. The monoisotopic (exact) mass is 373 g/mol. The molecule has 0 aromatic heterocycles. The molecule has 0 aliphatic carbocycles. The molecule has 0 unspecified atom stereocenters. The summed E-state index contributed by atoms with van der Waals surface area (Å²) in [5, 5.41) is 4.07. The van der Waals surface area contributed by atoms with Crippen molar-refractivity contribution in [3.05, 3.63) is 62.0 Å². The van der Waals surface area contributed by atoms with Crippen LogP contribution in [0.1, 0.15) is 5.56 Å². The summed E-state index contributed by atoms with van der Waals surface area (Å²) in [4.78, 5) is 0. The van der Waals surface area contributed by atoms with Gasteiger partial charge in [-0.25, -0.2) is 0 Å². The van der Waals surface area contributed by atoms with Crippen molar-refractivity contribution in [1.29, 1.82) is 0 Å². The lowest BCUT2D eigenvalue weighted by Gasteiger charge is -2.07. The predicted octanol–water partition coefficient (Wildman–Crippen LogP) is 5.48. The number of rotatable bonds is 3. The van der Waals surface area contributed by atoms with Crippen molar-refractivity contribution in [2.24, 2.45) is 0 Å². The third-order valence-corrected chi connectivity index (χ3v) is 4.07. The Hall–Kier alpha value is -0.510. The van der Waals surface area contributed by atoms with Gasteiger partial charge in [-0.3, -0.25) is 0 Å². The average molecular weight is 375 g/mol.